The Morgan fingerprint density at radius 2 is 1.04 bits per heavy atom. The molecular formula is C22H17N2. The largest absolute Gasteiger partial charge is 0.244 e. The third kappa shape index (κ3) is 2.24. The van der Waals surface area contributed by atoms with Gasteiger partial charge in [0.25, 0.3) is 0 Å². The van der Waals surface area contributed by atoms with Gasteiger partial charge in [0.05, 0.1) is 6.20 Å². The summed E-state index contributed by atoms with van der Waals surface area (Å²) in [6.45, 7) is 0. The van der Waals surface area contributed by atoms with Crippen LogP contribution in [0.2, 0.25) is 0 Å². The molecule has 115 valence electrons. The summed E-state index contributed by atoms with van der Waals surface area (Å²) in [6, 6.07) is 33.3. The summed E-state index contributed by atoms with van der Waals surface area (Å²) < 4.78 is 1.92. The molecule has 24 heavy (non-hydrogen) atoms. The van der Waals surface area contributed by atoms with Crippen molar-refractivity contribution in [2.75, 3.05) is 0 Å². The summed E-state index contributed by atoms with van der Waals surface area (Å²) in [5.74, 6) is 0. The average Bonchev–Trinajstić information content (AvgIpc) is 3.20. The Labute approximate surface area is 142 Å². The minimum Gasteiger partial charge on any atom is -0.244 e. The maximum Gasteiger partial charge on any atom is 0.138 e. The number of rotatable bonds is 4. The highest BCUT2D eigenvalue weighted by Crippen LogP contribution is 2.39. The van der Waals surface area contributed by atoms with E-state index in [-0.39, 0.29) is 0 Å². The topological polar surface area (TPSA) is 17.8 Å². The zero-order valence-electron chi connectivity index (χ0n) is 13.2. The van der Waals surface area contributed by atoms with E-state index < -0.39 is 5.54 Å². The molecule has 2 heteroatoms. The van der Waals surface area contributed by atoms with E-state index in [1.807, 2.05) is 28.9 Å². The van der Waals surface area contributed by atoms with Crippen LogP contribution < -0.4 is 0 Å². The summed E-state index contributed by atoms with van der Waals surface area (Å²) in [5, 5.41) is 4.58. The van der Waals surface area contributed by atoms with Crippen molar-refractivity contribution in [3.63, 3.8) is 0 Å². The molecule has 4 rings (SSSR count). The lowest BCUT2D eigenvalue weighted by Gasteiger charge is -2.36. The fourth-order valence-electron chi connectivity index (χ4n) is 3.33. The molecule has 0 atom stereocenters. The third-order valence-electron chi connectivity index (χ3n) is 4.35. The van der Waals surface area contributed by atoms with Gasteiger partial charge in [0, 0.05) is 6.20 Å². The monoisotopic (exact) mass is 309 g/mol. The SMILES string of the molecule is [c]1ccnn1C(c1ccccc1)(c1ccccc1)c1ccccc1. The second-order valence-corrected chi connectivity index (χ2v) is 5.68. The molecule has 0 N–H and O–H groups in total. The molecule has 0 fully saturated rings. The fraction of sp³-hybridized carbons (Fsp3) is 0.0455. The smallest absolute Gasteiger partial charge is 0.138 e. The Balaban J connectivity index is 2.12. The molecule has 0 unspecified atom stereocenters. The van der Waals surface area contributed by atoms with Crippen LogP contribution in [0.1, 0.15) is 16.7 Å². The lowest BCUT2D eigenvalue weighted by atomic mass is 9.77. The van der Waals surface area contributed by atoms with Gasteiger partial charge in [-0.15, -0.1) is 0 Å². The second-order valence-electron chi connectivity index (χ2n) is 5.68. The van der Waals surface area contributed by atoms with Gasteiger partial charge in [-0.1, -0.05) is 91.0 Å². The first-order valence-electron chi connectivity index (χ1n) is 8.01. The van der Waals surface area contributed by atoms with Crippen molar-refractivity contribution < 1.29 is 0 Å². The van der Waals surface area contributed by atoms with Gasteiger partial charge < -0.3 is 0 Å². The Kier molecular flexibility index (Phi) is 3.72. The van der Waals surface area contributed by atoms with Crippen LogP contribution in [-0.2, 0) is 5.54 Å². The van der Waals surface area contributed by atoms with E-state index in [0.717, 1.165) is 16.7 Å². The Bertz CT molecular complexity index is 786. The molecule has 2 nitrogen and oxygen atoms in total. The quantitative estimate of drug-likeness (QED) is 0.507. The van der Waals surface area contributed by atoms with E-state index in [1.165, 1.54) is 0 Å². The lowest BCUT2D eigenvalue weighted by Crippen LogP contribution is -2.38. The van der Waals surface area contributed by atoms with Crippen LogP contribution in [0.25, 0.3) is 0 Å². The van der Waals surface area contributed by atoms with E-state index in [0.29, 0.717) is 0 Å². The van der Waals surface area contributed by atoms with Crippen LogP contribution in [0.15, 0.2) is 103 Å². The highest BCUT2D eigenvalue weighted by atomic mass is 15.3. The predicted molar refractivity (Wildman–Crippen MR) is 95.7 cm³/mol. The molecule has 0 bridgehead atoms. The van der Waals surface area contributed by atoms with Crippen LogP contribution >= 0.6 is 0 Å². The van der Waals surface area contributed by atoms with Gasteiger partial charge in [0.2, 0.25) is 0 Å². The highest BCUT2D eigenvalue weighted by molar-refractivity contribution is 5.50. The number of hydrogen-bond donors (Lipinski definition) is 0. The van der Waals surface area contributed by atoms with E-state index in [1.54, 1.807) is 6.20 Å². The van der Waals surface area contributed by atoms with Crippen molar-refractivity contribution in [1.82, 2.24) is 9.78 Å². The number of hydrogen-bond acceptors (Lipinski definition) is 1. The molecule has 0 saturated carbocycles. The zero-order valence-corrected chi connectivity index (χ0v) is 13.2. The first-order chi connectivity index (χ1) is 11.9. The maximum absolute atomic E-state index is 4.58. The molecule has 3 aromatic carbocycles. The van der Waals surface area contributed by atoms with E-state index in [9.17, 15) is 0 Å². The summed E-state index contributed by atoms with van der Waals surface area (Å²) in [5.41, 5.74) is 2.92. The molecular weight excluding hydrogens is 292 g/mol. The fourth-order valence-corrected chi connectivity index (χ4v) is 3.33. The van der Waals surface area contributed by atoms with Gasteiger partial charge in [0.1, 0.15) is 5.54 Å². The number of aromatic nitrogens is 2. The molecule has 0 saturated heterocycles. The summed E-state index contributed by atoms with van der Waals surface area (Å²) in [4.78, 5) is 0. The first kappa shape index (κ1) is 14.5. The Morgan fingerprint density at radius 3 is 1.38 bits per heavy atom. The van der Waals surface area contributed by atoms with Crippen molar-refractivity contribution in [3.8, 4) is 0 Å². The van der Waals surface area contributed by atoms with Crippen LogP contribution in [0.4, 0.5) is 0 Å². The van der Waals surface area contributed by atoms with Gasteiger partial charge in [-0.25, -0.2) is 4.68 Å². The zero-order chi connectivity index (χ0) is 16.2. The molecule has 1 heterocycles. The van der Waals surface area contributed by atoms with Crippen LogP contribution in [0, 0.1) is 6.20 Å². The van der Waals surface area contributed by atoms with Gasteiger partial charge in [-0.3, -0.25) is 0 Å². The minimum atomic E-state index is -0.548. The lowest BCUT2D eigenvalue weighted by molar-refractivity contribution is 0.457. The average molecular weight is 309 g/mol. The Morgan fingerprint density at radius 1 is 0.625 bits per heavy atom. The van der Waals surface area contributed by atoms with E-state index in [2.05, 4.69) is 84.1 Å². The predicted octanol–water partition coefficient (Wildman–Crippen LogP) is 4.52. The minimum absolute atomic E-state index is 0.548. The van der Waals surface area contributed by atoms with Gasteiger partial charge in [0.15, 0.2) is 0 Å². The van der Waals surface area contributed by atoms with Crippen molar-refractivity contribution in [1.29, 1.82) is 0 Å². The van der Waals surface area contributed by atoms with Gasteiger partial charge in [-0.05, 0) is 22.8 Å². The third-order valence-corrected chi connectivity index (χ3v) is 4.35. The second kappa shape index (κ2) is 6.17. The molecule has 4 aromatic rings. The van der Waals surface area contributed by atoms with Crippen LogP contribution in [0.5, 0.6) is 0 Å². The summed E-state index contributed by atoms with van der Waals surface area (Å²) in [7, 11) is 0. The standard InChI is InChI=1S/C22H17N2/c1-4-11-19(12-5-1)22(24-18-10-17-23-24,20-13-6-2-7-14-20)21-15-8-3-9-16-21/h1-17H. The Hall–Kier alpha value is -3.13. The van der Waals surface area contributed by atoms with Gasteiger partial charge >= 0.3 is 0 Å². The maximum atomic E-state index is 4.58. The first-order valence-corrected chi connectivity index (χ1v) is 8.01. The van der Waals surface area contributed by atoms with E-state index in [4.69, 9.17) is 0 Å². The van der Waals surface area contributed by atoms with Crippen molar-refractivity contribution in [3.05, 3.63) is 126 Å². The van der Waals surface area contributed by atoms with Crippen molar-refractivity contribution >= 4 is 0 Å². The molecule has 0 aliphatic carbocycles. The normalized spacial score (nSPS) is 11.3. The highest BCUT2D eigenvalue weighted by Gasteiger charge is 2.38. The molecule has 1 aromatic heterocycles. The molecule has 0 aliphatic heterocycles. The van der Waals surface area contributed by atoms with Crippen molar-refractivity contribution in [2.45, 2.75) is 5.54 Å². The van der Waals surface area contributed by atoms with E-state index >= 15 is 0 Å². The van der Waals surface area contributed by atoms with Crippen molar-refractivity contribution in [2.24, 2.45) is 0 Å². The molecule has 0 amide bonds. The summed E-state index contributed by atoms with van der Waals surface area (Å²) >= 11 is 0. The number of nitrogens with zero attached hydrogens (tertiary/aromatic N) is 2. The summed E-state index contributed by atoms with van der Waals surface area (Å²) in [6.07, 6.45) is 5.06. The molecule has 1 radical (unpaired) electrons. The number of benzene rings is 3. The molecule has 0 spiro atoms. The van der Waals surface area contributed by atoms with Gasteiger partial charge in [-0.2, -0.15) is 5.10 Å². The van der Waals surface area contributed by atoms with Crippen LogP contribution in [0.3, 0.4) is 0 Å². The molecule has 0 aliphatic rings. The van der Waals surface area contributed by atoms with Crippen LogP contribution in [-0.4, -0.2) is 9.78 Å².